The molecule has 104 valence electrons. The van der Waals surface area contributed by atoms with Gasteiger partial charge in [-0.2, -0.15) is 0 Å². The van der Waals surface area contributed by atoms with Crippen molar-refractivity contribution in [1.82, 2.24) is 5.32 Å². The zero-order chi connectivity index (χ0) is 13.8. The summed E-state index contributed by atoms with van der Waals surface area (Å²) in [5.41, 5.74) is 6.77. The molecule has 1 aromatic carbocycles. The second-order valence-electron chi connectivity index (χ2n) is 4.84. The van der Waals surface area contributed by atoms with Crippen LogP contribution in [0.5, 0.6) is 0 Å². The number of nitrogens with one attached hydrogen (secondary N) is 1. The van der Waals surface area contributed by atoms with E-state index in [0.29, 0.717) is 16.6 Å². The van der Waals surface area contributed by atoms with Crippen molar-refractivity contribution < 1.29 is 4.79 Å². The van der Waals surface area contributed by atoms with Crippen molar-refractivity contribution >= 4 is 23.2 Å². The minimum Gasteiger partial charge on any atom is -0.367 e. The van der Waals surface area contributed by atoms with E-state index >= 15 is 0 Å². The molecule has 1 unspecified atom stereocenters. The van der Waals surface area contributed by atoms with Crippen molar-refractivity contribution in [3.63, 3.8) is 0 Å². The number of anilines is 1. The molecule has 5 heteroatoms. The van der Waals surface area contributed by atoms with Crippen LogP contribution < -0.4 is 16.0 Å². The van der Waals surface area contributed by atoms with E-state index in [-0.39, 0.29) is 0 Å². The fourth-order valence-electron chi connectivity index (χ4n) is 2.64. The lowest BCUT2D eigenvalue weighted by atomic mass is 10.1. The molecule has 1 aliphatic rings. The van der Waals surface area contributed by atoms with Crippen molar-refractivity contribution in [2.75, 3.05) is 24.5 Å². The molecule has 1 aromatic rings. The van der Waals surface area contributed by atoms with Crippen LogP contribution in [0.25, 0.3) is 0 Å². The molecule has 0 radical (unpaired) electrons. The maximum atomic E-state index is 11.7. The van der Waals surface area contributed by atoms with Gasteiger partial charge in [0.25, 0.3) is 5.91 Å². The Hall–Kier alpha value is -1.26. The molecule has 0 aliphatic carbocycles. The first-order chi connectivity index (χ1) is 9.15. The molecule has 1 aliphatic heterocycles. The van der Waals surface area contributed by atoms with Crippen LogP contribution in [0.3, 0.4) is 0 Å². The van der Waals surface area contributed by atoms with Gasteiger partial charge in [0, 0.05) is 19.1 Å². The Bertz CT molecular complexity index is 458. The van der Waals surface area contributed by atoms with Gasteiger partial charge < -0.3 is 16.0 Å². The second kappa shape index (κ2) is 6.26. The first kappa shape index (κ1) is 14.2. The molecule has 1 saturated heterocycles. The quantitative estimate of drug-likeness (QED) is 0.868. The molecule has 0 saturated carbocycles. The van der Waals surface area contributed by atoms with Crippen LogP contribution in [0.2, 0.25) is 5.02 Å². The van der Waals surface area contributed by atoms with E-state index in [0.717, 1.165) is 38.2 Å². The summed E-state index contributed by atoms with van der Waals surface area (Å²) in [4.78, 5) is 13.9. The van der Waals surface area contributed by atoms with Gasteiger partial charge in [-0.15, -0.1) is 0 Å². The molecule has 1 amide bonds. The van der Waals surface area contributed by atoms with Crippen LogP contribution in [0.1, 0.15) is 30.1 Å². The van der Waals surface area contributed by atoms with Gasteiger partial charge in [0.15, 0.2) is 0 Å². The molecule has 1 atom stereocenters. The van der Waals surface area contributed by atoms with Gasteiger partial charge in [0.05, 0.1) is 16.3 Å². The largest absolute Gasteiger partial charge is 0.367 e. The lowest BCUT2D eigenvalue weighted by Gasteiger charge is -2.32. The Morgan fingerprint density at radius 2 is 2.37 bits per heavy atom. The van der Waals surface area contributed by atoms with Crippen LogP contribution in [0.15, 0.2) is 18.2 Å². The first-order valence-electron chi connectivity index (χ1n) is 6.70. The van der Waals surface area contributed by atoms with Crippen LogP contribution in [-0.2, 0) is 0 Å². The Morgan fingerprint density at radius 1 is 1.58 bits per heavy atom. The van der Waals surface area contributed by atoms with Crippen molar-refractivity contribution in [2.24, 2.45) is 5.73 Å². The number of amides is 1. The van der Waals surface area contributed by atoms with Crippen LogP contribution in [0.4, 0.5) is 5.69 Å². The van der Waals surface area contributed by atoms with Crippen LogP contribution in [-0.4, -0.2) is 31.6 Å². The van der Waals surface area contributed by atoms with Crippen molar-refractivity contribution in [3.05, 3.63) is 28.8 Å². The number of nitrogens with zero attached hydrogens (tertiary/aromatic N) is 1. The third-order valence-electron chi connectivity index (χ3n) is 3.49. The van der Waals surface area contributed by atoms with Crippen molar-refractivity contribution in [1.29, 1.82) is 0 Å². The second-order valence-corrected chi connectivity index (χ2v) is 5.25. The Labute approximate surface area is 118 Å². The molecule has 2 rings (SSSR count). The fourth-order valence-corrected chi connectivity index (χ4v) is 2.90. The van der Waals surface area contributed by atoms with E-state index in [9.17, 15) is 4.79 Å². The highest BCUT2D eigenvalue weighted by Crippen LogP contribution is 2.29. The zero-order valence-electron chi connectivity index (χ0n) is 11.2. The third kappa shape index (κ3) is 3.01. The highest BCUT2D eigenvalue weighted by Gasteiger charge is 2.25. The Kier molecular flexibility index (Phi) is 4.66. The number of rotatable bonds is 5. The van der Waals surface area contributed by atoms with Gasteiger partial charge in [0.2, 0.25) is 0 Å². The van der Waals surface area contributed by atoms with E-state index in [4.69, 9.17) is 17.3 Å². The Morgan fingerprint density at radius 3 is 2.95 bits per heavy atom. The van der Waals surface area contributed by atoms with Crippen molar-refractivity contribution in [2.45, 2.75) is 25.8 Å². The third-order valence-corrected chi connectivity index (χ3v) is 3.80. The molecule has 3 N–H and O–H groups in total. The number of carbonyl (C=O) groups excluding carboxylic acids is 1. The molecule has 0 aromatic heterocycles. The standard InChI is InChI=1S/C14H20ClN3O/c1-2-8-18(10-6-7-17-9-10)12-5-3-4-11(15)13(12)14(16)19/h3-5,10,17H,2,6-9H2,1H3,(H2,16,19). The van der Waals surface area contributed by atoms with E-state index in [2.05, 4.69) is 17.1 Å². The number of hydrogen-bond donors (Lipinski definition) is 2. The molecule has 19 heavy (non-hydrogen) atoms. The number of nitrogens with two attached hydrogens (primary N) is 1. The van der Waals surface area contributed by atoms with Gasteiger partial charge >= 0.3 is 0 Å². The summed E-state index contributed by atoms with van der Waals surface area (Å²) in [6, 6.07) is 5.91. The summed E-state index contributed by atoms with van der Waals surface area (Å²) in [6.07, 6.45) is 2.09. The number of hydrogen-bond acceptors (Lipinski definition) is 3. The van der Waals surface area contributed by atoms with Gasteiger partial charge in [0.1, 0.15) is 0 Å². The molecule has 4 nitrogen and oxygen atoms in total. The van der Waals surface area contributed by atoms with E-state index < -0.39 is 5.91 Å². The fraction of sp³-hybridized carbons (Fsp3) is 0.500. The zero-order valence-corrected chi connectivity index (χ0v) is 11.9. The van der Waals surface area contributed by atoms with E-state index in [1.807, 2.05) is 12.1 Å². The maximum absolute atomic E-state index is 11.7. The van der Waals surface area contributed by atoms with Crippen LogP contribution in [0, 0.1) is 0 Å². The van der Waals surface area contributed by atoms with Crippen molar-refractivity contribution in [3.8, 4) is 0 Å². The topological polar surface area (TPSA) is 58.4 Å². The molecular formula is C14H20ClN3O. The summed E-state index contributed by atoms with van der Waals surface area (Å²) in [5, 5.41) is 3.78. The average Bonchev–Trinajstić information content (AvgIpc) is 2.88. The normalized spacial score (nSPS) is 18.5. The lowest BCUT2D eigenvalue weighted by molar-refractivity contribution is 0.100. The Balaban J connectivity index is 2.40. The molecule has 0 bridgehead atoms. The first-order valence-corrected chi connectivity index (χ1v) is 7.08. The molecule has 0 spiro atoms. The number of primary amides is 1. The number of benzene rings is 1. The number of halogens is 1. The van der Waals surface area contributed by atoms with Crippen LogP contribution >= 0.6 is 11.6 Å². The van der Waals surface area contributed by atoms with Gasteiger partial charge in [-0.1, -0.05) is 24.6 Å². The summed E-state index contributed by atoms with van der Waals surface area (Å²) in [7, 11) is 0. The SMILES string of the molecule is CCCN(c1cccc(Cl)c1C(N)=O)C1CCNC1. The lowest BCUT2D eigenvalue weighted by Crippen LogP contribution is -2.38. The van der Waals surface area contributed by atoms with Gasteiger partial charge in [-0.3, -0.25) is 4.79 Å². The maximum Gasteiger partial charge on any atom is 0.252 e. The van der Waals surface area contributed by atoms with E-state index in [1.54, 1.807) is 6.07 Å². The number of carbonyl (C=O) groups is 1. The predicted octanol–water partition coefficient (Wildman–Crippen LogP) is 2.02. The van der Waals surface area contributed by atoms with E-state index in [1.165, 1.54) is 0 Å². The summed E-state index contributed by atoms with van der Waals surface area (Å²) in [5.74, 6) is -0.465. The summed E-state index contributed by atoms with van der Waals surface area (Å²) >= 11 is 6.13. The average molecular weight is 282 g/mol. The predicted molar refractivity (Wildman–Crippen MR) is 78.9 cm³/mol. The molecular weight excluding hydrogens is 262 g/mol. The monoisotopic (exact) mass is 281 g/mol. The summed E-state index contributed by atoms with van der Waals surface area (Å²) in [6.45, 7) is 4.97. The minimum atomic E-state index is -0.465. The molecule has 1 fully saturated rings. The highest BCUT2D eigenvalue weighted by molar-refractivity contribution is 6.34. The molecule has 1 heterocycles. The van der Waals surface area contributed by atoms with Gasteiger partial charge in [-0.25, -0.2) is 0 Å². The smallest absolute Gasteiger partial charge is 0.252 e. The summed E-state index contributed by atoms with van der Waals surface area (Å²) < 4.78 is 0. The highest BCUT2D eigenvalue weighted by atomic mass is 35.5. The minimum absolute atomic E-state index is 0.400. The van der Waals surface area contributed by atoms with Gasteiger partial charge in [-0.05, 0) is 31.5 Å².